The van der Waals surface area contributed by atoms with Crippen LogP contribution >= 0.6 is 0 Å². The highest BCUT2D eigenvalue weighted by atomic mass is 14.4. The smallest absolute Gasteiger partial charge is 0.0158 e. The highest BCUT2D eigenvalue weighted by molar-refractivity contribution is 6.22. The summed E-state index contributed by atoms with van der Waals surface area (Å²) >= 11 is 0. The van der Waals surface area contributed by atoms with Gasteiger partial charge in [0.05, 0.1) is 0 Å². The summed E-state index contributed by atoms with van der Waals surface area (Å²) in [5.41, 5.74) is 17.8. The maximum absolute atomic E-state index is 2.47. The van der Waals surface area contributed by atoms with Crippen molar-refractivity contribution in [1.82, 2.24) is 0 Å². The summed E-state index contributed by atoms with van der Waals surface area (Å²) in [6, 6.07) is 76.6. The molecule has 10 aromatic rings. The maximum atomic E-state index is 2.47. The van der Waals surface area contributed by atoms with Crippen molar-refractivity contribution < 1.29 is 0 Å². The second-order valence-corrected chi connectivity index (χ2v) is 16.0. The van der Waals surface area contributed by atoms with Crippen LogP contribution in [0.4, 0.5) is 0 Å². The molecule has 0 N–H and O–H groups in total. The van der Waals surface area contributed by atoms with Crippen molar-refractivity contribution in [3.63, 3.8) is 0 Å². The Kier molecular flexibility index (Phi) is 7.63. The van der Waals surface area contributed by atoms with Crippen LogP contribution in [0.1, 0.15) is 25.0 Å². The first kappa shape index (κ1) is 33.3. The SMILES string of the molecule is CC1(C)c2ccccc2-c2cc(-c3c4ccccc4c(-c4ccc(-c5ccccc5)c(-c5ccccc5)c4)c4ccc(-c5cccc6ccccc56)cc34)ccc21. The van der Waals surface area contributed by atoms with E-state index in [9.17, 15) is 0 Å². The van der Waals surface area contributed by atoms with Crippen LogP contribution in [0.3, 0.4) is 0 Å². The molecule has 0 radical (unpaired) electrons. The van der Waals surface area contributed by atoms with E-state index in [4.69, 9.17) is 0 Å². The Morgan fingerprint density at radius 1 is 0.263 bits per heavy atom. The molecular weight excluding hydrogens is 685 g/mol. The van der Waals surface area contributed by atoms with E-state index in [1.54, 1.807) is 0 Å². The lowest BCUT2D eigenvalue weighted by atomic mass is 9.81. The average Bonchev–Trinajstić information content (AvgIpc) is 3.50. The summed E-state index contributed by atoms with van der Waals surface area (Å²) < 4.78 is 0. The molecule has 11 rings (SSSR count). The van der Waals surface area contributed by atoms with Crippen LogP contribution in [0.2, 0.25) is 0 Å². The highest BCUT2D eigenvalue weighted by Gasteiger charge is 2.35. The Morgan fingerprint density at radius 2 is 0.772 bits per heavy atom. The molecule has 0 aromatic heterocycles. The van der Waals surface area contributed by atoms with Crippen molar-refractivity contribution >= 4 is 32.3 Å². The molecule has 0 nitrogen and oxygen atoms in total. The molecule has 0 atom stereocenters. The molecule has 0 bridgehead atoms. The standard InChI is InChI=1S/C57H40/c1-57(2)53-27-14-13-23-46(53)51-36-42(30-33-54(51)57)56-48-25-12-11-24-47(48)55(49-32-28-40(34-52(49)56)44-26-15-21-38-20-9-10-22-43(38)44)41-29-31-45(37-16-5-3-6-17-37)50(35-41)39-18-7-4-8-19-39/h3-36H,1-2H3. The molecular formula is C57H40. The van der Waals surface area contributed by atoms with Crippen molar-refractivity contribution in [2.45, 2.75) is 19.3 Å². The molecule has 0 saturated carbocycles. The van der Waals surface area contributed by atoms with Crippen LogP contribution in [-0.4, -0.2) is 0 Å². The zero-order valence-electron chi connectivity index (χ0n) is 32.1. The van der Waals surface area contributed by atoms with E-state index in [1.807, 2.05) is 0 Å². The van der Waals surface area contributed by atoms with Gasteiger partial charge in [0.2, 0.25) is 0 Å². The van der Waals surface area contributed by atoms with Crippen molar-refractivity contribution in [2.24, 2.45) is 0 Å². The van der Waals surface area contributed by atoms with E-state index in [0.29, 0.717) is 0 Å². The van der Waals surface area contributed by atoms with Crippen LogP contribution in [0.5, 0.6) is 0 Å². The van der Waals surface area contributed by atoms with E-state index < -0.39 is 0 Å². The molecule has 0 heterocycles. The van der Waals surface area contributed by atoms with Crippen molar-refractivity contribution in [3.05, 3.63) is 217 Å². The third-order valence-electron chi connectivity index (χ3n) is 12.5. The molecule has 0 amide bonds. The van der Waals surface area contributed by atoms with Gasteiger partial charge in [0.1, 0.15) is 0 Å². The van der Waals surface area contributed by atoms with Gasteiger partial charge < -0.3 is 0 Å². The number of hydrogen-bond acceptors (Lipinski definition) is 0. The summed E-state index contributed by atoms with van der Waals surface area (Å²) in [6.07, 6.45) is 0. The number of hydrogen-bond donors (Lipinski definition) is 0. The minimum absolute atomic E-state index is 0.0532. The van der Waals surface area contributed by atoms with E-state index in [0.717, 1.165) is 0 Å². The topological polar surface area (TPSA) is 0 Å². The van der Waals surface area contributed by atoms with Gasteiger partial charge in [-0.1, -0.05) is 202 Å². The van der Waals surface area contributed by atoms with E-state index in [1.165, 1.54) is 110 Å². The van der Waals surface area contributed by atoms with Crippen LogP contribution < -0.4 is 0 Å². The van der Waals surface area contributed by atoms with Crippen molar-refractivity contribution in [1.29, 1.82) is 0 Å². The van der Waals surface area contributed by atoms with Crippen LogP contribution in [0.25, 0.3) is 99.1 Å². The highest BCUT2D eigenvalue weighted by Crippen LogP contribution is 2.52. The van der Waals surface area contributed by atoms with Gasteiger partial charge in [0, 0.05) is 5.41 Å². The largest absolute Gasteiger partial charge is 0.0622 e. The summed E-state index contributed by atoms with van der Waals surface area (Å²) in [7, 11) is 0. The van der Waals surface area contributed by atoms with Crippen LogP contribution in [0.15, 0.2) is 206 Å². The van der Waals surface area contributed by atoms with Gasteiger partial charge in [-0.25, -0.2) is 0 Å². The zero-order chi connectivity index (χ0) is 38.1. The Morgan fingerprint density at radius 3 is 1.53 bits per heavy atom. The molecule has 0 unspecified atom stereocenters. The fourth-order valence-corrected chi connectivity index (χ4v) is 9.75. The molecule has 57 heavy (non-hydrogen) atoms. The third kappa shape index (κ3) is 5.29. The second kappa shape index (κ2) is 13.0. The Hall–Kier alpha value is -7.02. The van der Waals surface area contributed by atoms with Crippen molar-refractivity contribution in [2.75, 3.05) is 0 Å². The van der Waals surface area contributed by atoms with Gasteiger partial charge in [-0.15, -0.1) is 0 Å². The van der Waals surface area contributed by atoms with Crippen LogP contribution in [0, 0.1) is 0 Å². The van der Waals surface area contributed by atoms with E-state index in [-0.39, 0.29) is 5.41 Å². The van der Waals surface area contributed by atoms with E-state index >= 15 is 0 Å². The number of fused-ring (bicyclic) bond motifs is 6. The number of benzene rings is 10. The number of rotatable bonds is 5. The monoisotopic (exact) mass is 724 g/mol. The lowest BCUT2D eigenvalue weighted by Gasteiger charge is -2.22. The fraction of sp³-hybridized carbons (Fsp3) is 0.0526. The summed E-state index contributed by atoms with van der Waals surface area (Å²) in [6.45, 7) is 4.72. The van der Waals surface area contributed by atoms with Gasteiger partial charge >= 0.3 is 0 Å². The van der Waals surface area contributed by atoms with Gasteiger partial charge in [0.15, 0.2) is 0 Å². The lowest BCUT2D eigenvalue weighted by molar-refractivity contribution is 0.660. The van der Waals surface area contributed by atoms with Crippen molar-refractivity contribution in [3.8, 4) is 66.8 Å². The molecule has 268 valence electrons. The second-order valence-electron chi connectivity index (χ2n) is 16.0. The van der Waals surface area contributed by atoms with Gasteiger partial charge in [-0.05, 0) is 128 Å². The summed E-state index contributed by atoms with van der Waals surface area (Å²) in [4.78, 5) is 0. The lowest BCUT2D eigenvalue weighted by Crippen LogP contribution is -2.14. The molecule has 0 saturated heterocycles. The minimum Gasteiger partial charge on any atom is -0.0622 e. The Bertz CT molecular complexity index is 3180. The van der Waals surface area contributed by atoms with Crippen LogP contribution in [-0.2, 0) is 5.41 Å². The molecule has 0 aliphatic heterocycles. The molecule has 0 heteroatoms. The minimum atomic E-state index is -0.0532. The fourth-order valence-electron chi connectivity index (χ4n) is 9.75. The first-order valence-electron chi connectivity index (χ1n) is 20.0. The molecule has 1 aliphatic carbocycles. The average molecular weight is 725 g/mol. The first-order chi connectivity index (χ1) is 28.0. The summed E-state index contributed by atoms with van der Waals surface area (Å²) in [5.74, 6) is 0. The molecule has 0 spiro atoms. The molecule has 0 fully saturated rings. The zero-order valence-corrected chi connectivity index (χ0v) is 32.1. The van der Waals surface area contributed by atoms with Gasteiger partial charge in [-0.2, -0.15) is 0 Å². The molecule has 10 aromatic carbocycles. The summed E-state index contributed by atoms with van der Waals surface area (Å²) in [5, 5.41) is 7.54. The predicted octanol–water partition coefficient (Wildman–Crippen LogP) is 15.8. The first-order valence-corrected chi connectivity index (χ1v) is 20.0. The predicted molar refractivity (Wildman–Crippen MR) is 244 cm³/mol. The van der Waals surface area contributed by atoms with Gasteiger partial charge in [0.25, 0.3) is 0 Å². The Balaban J connectivity index is 1.23. The third-order valence-corrected chi connectivity index (χ3v) is 12.5. The van der Waals surface area contributed by atoms with E-state index in [2.05, 4.69) is 220 Å². The quantitative estimate of drug-likeness (QED) is 0.155. The maximum Gasteiger partial charge on any atom is 0.0158 e. The Labute approximate surface area is 334 Å². The van der Waals surface area contributed by atoms with Gasteiger partial charge in [-0.3, -0.25) is 0 Å². The molecule has 1 aliphatic rings. The normalized spacial score (nSPS) is 12.9.